The maximum atomic E-state index is 11.5. The second-order valence-electron chi connectivity index (χ2n) is 3.99. The Kier molecular flexibility index (Phi) is 4.95. The number of hydrogen-bond donors (Lipinski definition) is 1. The number of carbonyl (C=O) groups excluding carboxylic acids is 1. The Labute approximate surface area is 124 Å². The smallest absolute Gasteiger partial charge is 0.277 e. The minimum Gasteiger partial charge on any atom is -0.484 e. The van der Waals surface area contributed by atoms with E-state index in [1.807, 2.05) is 25.1 Å². The number of nitrogens with one attached hydrogen (secondary N) is 1. The lowest BCUT2D eigenvalue weighted by Crippen LogP contribution is -2.24. The molecule has 2 aromatic rings. The summed E-state index contributed by atoms with van der Waals surface area (Å²) < 4.78 is 11.5. The molecule has 5 nitrogen and oxygen atoms in total. The first-order valence-corrected chi connectivity index (χ1v) is 6.69. The number of furan rings is 1. The summed E-state index contributed by atoms with van der Waals surface area (Å²) in [6.07, 6.45) is 1.43. The molecule has 20 heavy (non-hydrogen) atoms. The van der Waals surface area contributed by atoms with Crippen molar-refractivity contribution in [2.45, 2.75) is 6.92 Å². The Morgan fingerprint density at radius 1 is 1.45 bits per heavy atom. The predicted octanol–water partition coefficient (Wildman–Crippen LogP) is 2.88. The highest BCUT2D eigenvalue weighted by Crippen LogP contribution is 2.17. The third-order valence-corrected chi connectivity index (χ3v) is 2.80. The summed E-state index contributed by atoms with van der Waals surface area (Å²) in [6.45, 7) is 1.73. The highest BCUT2D eigenvalue weighted by Gasteiger charge is 2.02. The number of amides is 1. The number of rotatable bonds is 5. The normalized spacial score (nSPS) is 10.7. The van der Waals surface area contributed by atoms with Gasteiger partial charge in [0.25, 0.3) is 5.91 Å². The van der Waals surface area contributed by atoms with Crippen LogP contribution in [0.1, 0.15) is 11.5 Å². The van der Waals surface area contributed by atoms with Crippen molar-refractivity contribution >= 4 is 28.1 Å². The van der Waals surface area contributed by atoms with Crippen LogP contribution in [0.25, 0.3) is 0 Å². The van der Waals surface area contributed by atoms with E-state index in [9.17, 15) is 4.79 Å². The lowest BCUT2D eigenvalue weighted by atomic mass is 10.3. The topological polar surface area (TPSA) is 63.8 Å². The van der Waals surface area contributed by atoms with Gasteiger partial charge in [0.15, 0.2) is 6.61 Å². The van der Waals surface area contributed by atoms with Crippen LogP contribution in [0.15, 0.2) is 50.4 Å². The van der Waals surface area contributed by atoms with Crippen molar-refractivity contribution in [3.8, 4) is 5.75 Å². The third kappa shape index (κ3) is 4.55. The zero-order valence-electron chi connectivity index (χ0n) is 10.8. The maximum absolute atomic E-state index is 11.5. The lowest BCUT2D eigenvalue weighted by Gasteiger charge is -2.04. The van der Waals surface area contributed by atoms with Crippen LogP contribution in [0, 0.1) is 6.92 Å². The zero-order valence-corrected chi connectivity index (χ0v) is 12.4. The second-order valence-corrected chi connectivity index (χ2v) is 4.90. The van der Waals surface area contributed by atoms with E-state index in [2.05, 4.69) is 26.5 Å². The Balaban J connectivity index is 1.77. The summed E-state index contributed by atoms with van der Waals surface area (Å²) in [6, 6.07) is 10.8. The van der Waals surface area contributed by atoms with E-state index in [0.717, 1.165) is 10.2 Å². The van der Waals surface area contributed by atoms with Gasteiger partial charge in [0.1, 0.15) is 17.3 Å². The molecule has 0 unspecified atom stereocenters. The maximum Gasteiger partial charge on any atom is 0.277 e. The van der Waals surface area contributed by atoms with E-state index in [1.54, 1.807) is 18.2 Å². The number of hydrogen-bond acceptors (Lipinski definition) is 4. The van der Waals surface area contributed by atoms with E-state index in [1.165, 1.54) is 6.21 Å². The molecule has 0 aliphatic heterocycles. The molecule has 0 bridgehead atoms. The van der Waals surface area contributed by atoms with E-state index in [-0.39, 0.29) is 12.5 Å². The minimum absolute atomic E-state index is 0.106. The average Bonchev–Trinajstić information content (AvgIpc) is 2.82. The summed E-state index contributed by atoms with van der Waals surface area (Å²) in [7, 11) is 0. The second kappa shape index (κ2) is 6.91. The molecule has 1 heterocycles. The summed E-state index contributed by atoms with van der Waals surface area (Å²) in [5.74, 6) is 1.64. The molecular formula is C14H13BrN2O3. The molecule has 1 aromatic carbocycles. The Morgan fingerprint density at radius 2 is 2.30 bits per heavy atom. The number of ether oxygens (including phenoxy) is 1. The minimum atomic E-state index is -0.343. The van der Waals surface area contributed by atoms with Crippen molar-refractivity contribution in [2.75, 3.05) is 6.61 Å². The van der Waals surface area contributed by atoms with Gasteiger partial charge in [-0.15, -0.1) is 0 Å². The molecule has 0 spiro atoms. The predicted molar refractivity (Wildman–Crippen MR) is 78.8 cm³/mol. The molecule has 0 radical (unpaired) electrons. The third-order valence-electron chi connectivity index (χ3n) is 2.31. The van der Waals surface area contributed by atoms with Gasteiger partial charge in [-0.1, -0.05) is 22.0 Å². The highest BCUT2D eigenvalue weighted by molar-refractivity contribution is 9.10. The van der Waals surface area contributed by atoms with Crippen LogP contribution in [0.3, 0.4) is 0 Å². The molecule has 1 N–H and O–H groups in total. The fourth-order valence-electron chi connectivity index (χ4n) is 1.43. The van der Waals surface area contributed by atoms with Gasteiger partial charge in [-0.05, 0) is 37.3 Å². The van der Waals surface area contributed by atoms with E-state index in [4.69, 9.17) is 9.15 Å². The quantitative estimate of drug-likeness (QED) is 0.674. The largest absolute Gasteiger partial charge is 0.484 e. The summed E-state index contributed by atoms with van der Waals surface area (Å²) in [4.78, 5) is 11.5. The molecule has 0 saturated heterocycles. The van der Waals surface area contributed by atoms with Crippen LogP contribution >= 0.6 is 15.9 Å². The first kappa shape index (κ1) is 14.3. The Bertz CT molecular complexity index is 622. The molecule has 0 aliphatic rings. The Hall–Kier alpha value is -2.08. The van der Waals surface area contributed by atoms with Gasteiger partial charge in [0.2, 0.25) is 0 Å². The van der Waals surface area contributed by atoms with Gasteiger partial charge in [0.05, 0.1) is 6.21 Å². The van der Waals surface area contributed by atoms with Gasteiger partial charge in [-0.3, -0.25) is 4.79 Å². The van der Waals surface area contributed by atoms with Crippen molar-refractivity contribution in [1.82, 2.24) is 5.43 Å². The van der Waals surface area contributed by atoms with Gasteiger partial charge >= 0.3 is 0 Å². The fraction of sp³-hybridized carbons (Fsp3) is 0.143. The standard InChI is InChI=1S/C14H13BrN2O3/c1-10-5-6-13(20-10)8-16-17-14(18)9-19-12-4-2-3-11(15)7-12/h2-8H,9H2,1H3,(H,17,18)/b16-8-. The van der Waals surface area contributed by atoms with Gasteiger partial charge in [0, 0.05) is 4.47 Å². The van der Waals surface area contributed by atoms with Crippen molar-refractivity contribution in [3.63, 3.8) is 0 Å². The lowest BCUT2D eigenvalue weighted by molar-refractivity contribution is -0.123. The van der Waals surface area contributed by atoms with Gasteiger partial charge in [-0.2, -0.15) is 5.10 Å². The SMILES string of the molecule is Cc1ccc(/C=N\NC(=O)COc2cccc(Br)c2)o1. The zero-order chi connectivity index (χ0) is 14.4. The summed E-state index contributed by atoms with van der Waals surface area (Å²) >= 11 is 3.32. The van der Waals surface area contributed by atoms with Crippen LogP contribution in [0.2, 0.25) is 0 Å². The van der Waals surface area contributed by atoms with Crippen molar-refractivity contribution in [2.24, 2.45) is 5.10 Å². The molecule has 0 fully saturated rings. The molecule has 1 aromatic heterocycles. The summed E-state index contributed by atoms with van der Waals surface area (Å²) in [5, 5.41) is 3.78. The molecular weight excluding hydrogens is 324 g/mol. The number of aryl methyl sites for hydroxylation is 1. The van der Waals surface area contributed by atoms with E-state index < -0.39 is 0 Å². The van der Waals surface area contributed by atoms with Crippen LogP contribution in [-0.2, 0) is 4.79 Å². The monoisotopic (exact) mass is 336 g/mol. The van der Waals surface area contributed by atoms with Crippen molar-refractivity contribution in [1.29, 1.82) is 0 Å². The number of benzene rings is 1. The number of nitrogens with zero attached hydrogens (tertiary/aromatic N) is 1. The first-order chi connectivity index (χ1) is 9.63. The van der Waals surface area contributed by atoms with Crippen molar-refractivity contribution < 1.29 is 13.9 Å². The molecule has 2 rings (SSSR count). The van der Waals surface area contributed by atoms with Crippen LogP contribution < -0.4 is 10.2 Å². The molecule has 0 aliphatic carbocycles. The van der Waals surface area contributed by atoms with Crippen LogP contribution in [0.4, 0.5) is 0 Å². The highest BCUT2D eigenvalue weighted by atomic mass is 79.9. The van der Waals surface area contributed by atoms with Crippen LogP contribution in [0.5, 0.6) is 5.75 Å². The number of halogens is 1. The van der Waals surface area contributed by atoms with Crippen molar-refractivity contribution in [3.05, 3.63) is 52.4 Å². The fourth-order valence-corrected chi connectivity index (χ4v) is 1.81. The molecule has 0 atom stereocenters. The molecule has 0 saturated carbocycles. The number of hydrazone groups is 1. The van der Waals surface area contributed by atoms with E-state index >= 15 is 0 Å². The Morgan fingerprint density at radius 3 is 3.00 bits per heavy atom. The van der Waals surface area contributed by atoms with E-state index in [0.29, 0.717) is 11.5 Å². The summed E-state index contributed by atoms with van der Waals surface area (Å²) in [5.41, 5.74) is 2.36. The molecule has 104 valence electrons. The number of carbonyl (C=O) groups is 1. The molecule has 6 heteroatoms. The van der Waals surface area contributed by atoms with Gasteiger partial charge in [-0.25, -0.2) is 5.43 Å². The van der Waals surface area contributed by atoms with Crippen LogP contribution in [-0.4, -0.2) is 18.7 Å². The first-order valence-electron chi connectivity index (χ1n) is 5.90. The average molecular weight is 337 g/mol. The molecule has 1 amide bonds. The van der Waals surface area contributed by atoms with Gasteiger partial charge < -0.3 is 9.15 Å².